The van der Waals surface area contributed by atoms with E-state index in [1.807, 2.05) is 12.1 Å². The molecule has 0 saturated carbocycles. The second kappa shape index (κ2) is 7.36. The average Bonchev–Trinajstić information content (AvgIpc) is 3.05. The lowest BCUT2D eigenvalue weighted by Gasteiger charge is -2.34. The summed E-state index contributed by atoms with van der Waals surface area (Å²) in [5.74, 6) is 0.354. The minimum absolute atomic E-state index is 0.185. The molecule has 0 atom stereocenters. The first kappa shape index (κ1) is 17.0. The van der Waals surface area contributed by atoms with Gasteiger partial charge in [-0.05, 0) is 38.8 Å². The predicted molar refractivity (Wildman–Crippen MR) is 94.1 cm³/mol. The maximum Gasteiger partial charge on any atom is 0.273 e. The number of hydrogen-bond acceptors (Lipinski definition) is 4. The monoisotopic (exact) mass is 347 g/mol. The van der Waals surface area contributed by atoms with Gasteiger partial charge in [0.2, 0.25) is 0 Å². The molecule has 1 amide bonds. The highest BCUT2D eigenvalue weighted by Crippen LogP contribution is 2.23. The van der Waals surface area contributed by atoms with Crippen molar-refractivity contribution in [1.29, 1.82) is 0 Å². The van der Waals surface area contributed by atoms with Crippen LogP contribution in [0.1, 0.15) is 37.2 Å². The Balaban J connectivity index is 1.60. The molecule has 1 fully saturated rings. The van der Waals surface area contributed by atoms with Crippen molar-refractivity contribution in [2.24, 2.45) is 0 Å². The van der Waals surface area contributed by atoms with E-state index in [0.717, 1.165) is 31.5 Å². The number of piperidine rings is 1. The average molecular weight is 348 g/mol. The Morgan fingerprint density at radius 1 is 1.33 bits per heavy atom. The third kappa shape index (κ3) is 3.97. The molecule has 1 aromatic carbocycles. The van der Waals surface area contributed by atoms with Crippen LogP contribution in [0.15, 0.2) is 34.9 Å². The molecule has 0 unspecified atom stereocenters. The molecule has 2 aromatic rings. The number of amides is 1. The number of nitrogens with zero attached hydrogens (tertiary/aromatic N) is 2. The lowest BCUT2D eigenvalue weighted by molar-refractivity contribution is 0.0892. The standard InChI is InChI=1S/C18H22ClN3O2/c1-12(2)22-8-6-15(7-9-22)20-18(23)16-11-17(24-21-16)13-4-3-5-14(19)10-13/h3-5,10-12,15H,6-9H2,1-2H3,(H,20,23). The fourth-order valence-electron chi connectivity index (χ4n) is 2.98. The van der Waals surface area contributed by atoms with Crippen LogP contribution < -0.4 is 5.32 Å². The summed E-state index contributed by atoms with van der Waals surface area (Å²) in [7, 11) is 0. The Bertz CT molecular complexity index is 706. The van der Waals surface area contributed by atoms with Gasteiger partial charge in [0.1, 0.15) is 0 Å². The number of rotatable bonds is 4. The Hall–Kier alpha value is -1.85. The molecule has 24 heavy (non-hydrogen) atoms. The van der Waals surface area contributed by atoms with Gasteiger partial charge in [0.15, 0.2) is 11.5 Å². The van der Waals surface area contributed by atoms with Gasteiger partial charge in [-0.2, -0.15) is 0 Å². The van der Waals surface area contributed by atoms with E-state index in [1.54, 1.807) is 18.2 Å². The third-order valence-electron chi connectivity index (χ3n) is 4.45. The smallest absolute Gasteiger partial charge is 0.273 e. The van der Waals surface area contributed by atoms with Crippen molar-refractivity contribution >= 4 is 17.5 Å². The van der Waals surface area contributed by atoms with Gasteiger partial charge in [-0.3, -0.25) is 4.79 Å². The molecule has 1 N–H and O–H groups in total. The zero-order valence-electron chi connectivity index (χ0n) is 14.0. The van der Waals surface area contributed by atoms with Gasteiger partial charge in [0.25, 0.3) is 5.91 Å². The van der Waals surface area contributed by atoms with Crippen molar-refractivity contribution in [3.05, 3.63) is 41.0 Å². The quantitative estimate of drug-likeness (QED) is 0.918. The largest absolute Gasteiger partial charge is 0.355 e. The number of nitrogens with one attached hydrogen (secondary N) is 1. The van der Waals surface area contributed by atoms with Crippen LogP contribution in [0.3, 0.4) is 0 Å². The van der Waals surface area contributed by atoms with Gasteiger partial charge in [-0.15, -0.1) is 0 Å². The van der Waals surface area contributed by atoms with E-state index in [0.29, 0.717) is 22.5 Å². The zero-order chi connectivity index (χ0) is 17.1. The maximum absolute atomic E-state index is 12.4. The number of hydrogen-bond donors (Lipinski definition) is 1. The number of halogens is 1. The summed E-state index contributed by atoms with van der Waals surface area (Å²) in [6, 6.07) is 9.68. The molecule has 0 spiro atoms. The first-order valence-electron chi connectivity index (χ1n) is 8.30. The highest BCUT2D eigenvalue weighted by molar-refractivity contribution is 6.30. The van der Waals surface area contributed by atoms with Crippen molar-refractivity contribution in [1.82, 2.24) is 15.4 Å². The van der Waals surface area contributed by atoms with Crippen LogP contribution >= 0.6 is 11.6 Å². The molecule has 1 aromatic heterocycles. The molecule has 0 radical (unpaired) electrons. The van der Waals surface area contributed by atoms with Gasteiger partial charge >= 0.3 is 0 Å². The van der Waals surface area contributed by atoms with E-state index in [-0.39, 0.29) is 11.9 Å². The summed E-state index contributed by atoms with van der Waals surface area (Å²) >= 11 is 5.98. The van der Waals surface area contributed by atoms with E-state index in [1.165, 1.54) is 0 Å². The topological polar surface area (TPSA) is 58.4 Å². The first-order valence-corrected chi connectivity index (χ1v) is 8.68. The minimum atomic E-state index is -0.185. The summed E-state index contributed by atoms with van der Waals surface area (Å²) in [5, 5.41) is 7.56. The van der Waals surface area contributed by atoms with E-state index in [9.17, 15) is 4.79 Å². The molecule has 3 rings (SSSR count). The molecule has 5 nitrogen and oxygen atoms in total. The van der Waals surface area contributed by atoms with E-state index in [4.69, 9.17) is 16.1 Å². The third-order valence-corrected chi connectivity index (χ3v) is 4.68. The summed E-state index contributed by atoms with van der Waals surface area (Å²) in [6.45, 7) is 6.42. The van der Waals surface area contributed by atoms with E-state index in [2.05, 4.69) is 29.2 Å². The Kier molecular flexibility index (Phi) is 5.21. The van der Waals surface area contributed by atoms with Crippen LogP contribution in [-0.4, -0.2) is 41.1 Å². The SMILES string of the molecule is CC(C)N1CCC(NC(=O)c2cc(-c3cccc(Cl)c3)on2)CC1. The Morgan fingerprint density at radius 2 is 2.08 bits per heavy atom. The number of carbonyl (C=O) groups excluding carboxylic acids is 1. The van der Waals surface area contributed by atoms with E-state index < -0.39 is 0 Å². The van der Waals surface area contributed by atoms with Crippen LogP contribution in [0.4, 0.5) is 0 Å². The Morgan fingerprint density at radius 3 is 2.75 bits per heavy atom. The van der Waals surface area contributed by atoms with Crippen LogP contribution in [0.25, 0.3) is 11.3 Å². The van der Waals surface area contributed by atoms with Crippen LogP contribution in [-0.2, 0) is 0 Å². The maximum atomic E-state index is 12.4. The molecule has 1 aliphatic rings. The van der Waals surface area contributed by atoms with Crippen molar-refractivity contribution in [3.8, 4) is 11.3 Å². The molecule has 0 aliphatic carbocycles. The molecule has 2 heterocycles. The molecular formula is C18H22ClN3O2. The lowest BCUT2D eigenvalue weighted by atomic mass is 10.0. The minimum Gasteiger partial charge on any atom is -0.355 e. The van der Waals surface area contributed by atoms with Gasteiger partial charge in [0.05, 0.1) is 0 Å². The summed E-state index contributed by atoms with van der Waals surface area (Å²) < 4.78 is 5.29. The highest BCUT2D eigenvalue weighted by atomic mass is 35.5. The predicted octanol–water partition coefficient (Wildman–Crippen LogP) is 3.60. The molecule has 0 bridgehead atoms. The van der Waals surface area contributed by atoms with Gasteiger partial charge in [-0.1, -0.05) is 28.9 Å². The molecule has 1 saturated heterocycles. The Labute approximate surface area is 147 Å². The summed E-state index contributed by atoms with van der Waals surface area (Å²) in [6.07, 6.45) is 1.92. The second-order valence-corrected chi connectivity index (χ2v) is 6.90. The van der Waals surface area contributed by atoms with Gasteiger partial charge in [0, 0.05) is 41.8 Å². The summed E-state index contributed by atoms with van der Waals surface area (Å²) in [5.41, 5.74) is 1.11. The lowest BCUT2D eigenvalue weighted by Crippen LogP contribution is -2.46. The van der Waals surface area contributed by atoms with E-state index >= 15 is 0 Å². The van der Waals surface area contributed by atoms with Gasteiger partial charge < -0.3 is 14.7 Å². The molecule has 6 heteroatoms. The van der Waals surface area contributed by atoms with Gasteiger partial charge in [-0.25, -0.2) is 0 Å². The molecular weight excluding hydrogens is 326 g/mol. The first-order chi connectivity index (χ1) is 11.5. The molecule has 1 aliphatic heterocycles. The number of aromatic nitrogens is 1. The van der Waals surface area contributed by atoms with Crippen LogP contribution in [0.5, 0.6) is 0 Å². The van der Waals surface area contributed by atoms with Crippen LogP contribution in [0, 0.1) is 0 Å². The fourth-order valence-corrected chi connectivity index (χ4v) is 3.17. The van der Waals surface area contributed by atoms with Crippen molar-refractivity contribution < 1.29 is 9.32 Å². The zero-order valence-corrected chi connectivity index (χ0v) is 14.7. The fraction of sp³-hybridized carbons (Fsp3) is 0.444. The van der Waals surface area contributed by atoms with Crippen molar-refractivity contribution in [2.45, 2.75) is 38.8 Å². The van der Waals surface area contributed by atoms with Crippen LogP contribution in [0.2, 0.25) is 5.02 Å². The normalized spacial score (nSPS) is 16.5. The molecule has 128 valence electrons. The van der Waals surface area contributed by atoms with Crippen molar-refractivity contribution in [3.63, 3.8) is 0 Å². The highest BCUT2D eigenvalue weighted by Gasteiger charge is 2.23. The van der Waals surface area contributed by atoms with Crippen molar-refractivity contribution in [2.75, 3.05) is 13.1 Å². The number of carbonyl (C=O) groups is 1. The number of benzene rings is 1. The second-order valence-electron chi connectivity index (χ2n) is 6.46. The number of likely N-dealkylation sites (tertiary alicyclic amines) is 1. The summed E-state index contributed by atoms with van der Waals surface area (Å²) in [4.78, 5) is 14.8.